The van der Waals surface area contributed by atoms with Crippen LogP contribution in [0.4, 0.5) is 5.00 Å². The first-order valence-corrected chi connectivity index (χ1v) is 13.1. The lowest BCUT2D eigenvalue weighted by atomic mass is 9.94. The van der Waals surface area contributed by atoms with E-state index < -0.39 is 0 Å². The molecule has 0 bridgehead atoms. The van der Waals surface area contributed by atoms with Gasteiger partial charge in [-0.15, -0.1) is 23.1 Å². The number of nitrogens with zero attached hydrogens (tertiary/aromatic N) is 1. The number of methoxy groups -OCH3 is 1. The van der Waals surface area contributed by atoms with Crippen molar-refractivity contribution in [3.63, 3.8) is 0 Å². The number of thioether (sulfide) groups is 1. The first-order chi connectivity index (χ1) is 16.0. The first kappa shape index (κ1) is 23.8. The van der Waals surface area contributed by atoms with Gasteiger partial charge >= 0.3 is 0 Å². The van der Waals surface area contributed by atoms with Gasteiger partial charge in [0, 0.05) is 34.0 Å². The molecule has 2 heterocycles. The number of carbonyl (C=O) groups is 1. The van der Waals surface area contributed by atoms with E-state index in [0.717, 1.165) is 37.1 Å². The fourth-order valence-corrected chi connectivity index (χ4v) is 5.66. The van der Waals surface area contributed by atoms with Crippen LogP contribution in [0.25, 0.3) is 0 Å². The average Bonchev–Trinajstić information content (AvgIpc) is 3.13. The zero-order valence-corrected chi connectivity index (χ0v) is 21.1. The van der Waals surface area contributed by atoms with Gasteiger partial charge in [0.1, 0.15) is 10.8 Å². The molecule has 1 unspecified atom stereocenters. The molecule has 1 aromatic heterocycles. The van der Waals surface area contributed by atoms with Crippen molar-refractivity contribution in [3.05, 3.63) is 75.7 Å². The van der Waals surface area contributed by atoms with Crippen molar-refractivity contribution < 1.29 is 14.3 Å². The predicted molar refractivity (Wildman–Crippen MR) is 137 cm³/mol. The van der Waals surface area contributed by atoms with E-state index in [-0.39, 0.29) is 11.9 Å². The normalized spacial score (nSPS) is 15.3. The average molecular weight is 483 g/mol. The quantitative estimate of drug-likeness (QED) is 0.433. The summed E-state index contributed by atoms with van der Waals surface area (Å²) in [5.74, 6) is 0.620. The van der Waals surface area contributed by atoms with E-state index >= 15 is 0 Å². The van der Waals surface area contributed by atoms with Gasteiger partial charge in [0.2, 0.25) is 0 Å². The van der Waals surface area contributed by atoms with Gasteiger partial charge in [-0.3, -0.25) is 9.69 Å². The van der Waals surface area contributed by atoms with E-state index in [1.165, 1.54) is 26.5 Å². The van der Waals surface area contributed by atoms with Crippen molar-refractivity contribution in [2.75, 3.05) is 45.0 Å². The molecule has 5 nitrogen and oxygen atoms in total. The van der Waals surface area contributed by atoms with Crippen LogP contribution in [0, 0.1) is 13.8 Å². The Bertz CT molecular complexity index is 1090. The van der Waals surface area contributed by atoms with Gasteiger partial charge in [0.15, 0.2) is 0 Å². The molecule has 1 saturated heterocycles. The number of hydrogen-bond donors (Lipinski definition) is 1. The van der Waals surface area contributed by atoms with Crippen molar-refractivity contribution >= 4 is 34.0 Å². The third kappa shape index (κ3) is 5.27. The molecule has 0 spiro atoms. The molecule has 0 aliphatic carbocycles. The molecule has 1 fully saturated rings. The molecule has 174 valence electrons. The highest BCUT2D eigenvalue weighted by Gasteiger charge is 2.30. The van der Waals surface area contributed by atoms with Crippen LogP contribution in [0.1, 0.15) is 38.0 Å². The monoisotopic (exact) mass is 482 g/mol. The van der Waals surface area contributed by atoms with E-state index in [1.54, 1.807) is 42.3 Å². The van der Waals surface area contributed by atoms with E-state index in [0.29, 0.717) is 5.56 Å². The number of nitrogens with one attached hydrogen (secondary N) is 1. The van der Waals surface area contributed by atoms with Crippen LogP contribution in [0.2, 0.25) is 0 Å². The van der Waals surface area contributed by atoms with Crippen LogP contribution in [0.15, 0.2) is 53.4 Å². The molecule has 1 N–H and O–H groups in total. The molecule has 1 amide bonds. The van der Waals surface area contributed by atoms with Crippen LogP contribution in [-0.4, -0.2) is 50.5 Å². The summed E-state index contributed by atoms with van der Waals surface area (Å²) < 4.78 is 10.9. The minimum atomic E-state index is -0.112. The second kappa shape index (κ2) is 10.7. The molecule has 1 atom stereocenters. The number of aryl methyl sites for hydroxylation is 1. The number of thiophene rings is 1. The lowest BCUT2D eigenvalue weighted by Crippen LogP contribution is -2.39. The maximum Gasteiger partial charge on any atom is 0.256 e. The lowest BCUT2D eigenvalue weighted by molar-refractivity contribution is 0.0240. The van der Waals surface area contributed by atoms with Gasteiger partial charge in [-0.1, -0.05) is 12.1 Å². The summed E-state index contributed by atoms with van der Waals surface area (Å²) in [5.41, 5.74) is 4.25. The largest absolute Gasteiger partial charge is 0.497 e. The van der Waals surface area contributed by atoms with Crippen molar-refractivity contribution in [1.29, 1.82) is 0 Å². The summed E-state index contributed by atoms with van der Waals surface area (Å²) in [6.45, 7) is 7.43. The summed E-state index contributed by atoms with van der Waals surface area (Å²) >= 11 is 3.39. The third-order valence-electron chi connectivity index (χ3n) is 6.13. The number of ether oxygens (including phenoxy) is 2. The van der Waals surface area contributed by atoms with E-state index in [2.05, 4.69) is 54.6 Å². The Balaban J connectivity index is 1.72. The standard InChI is InChI=1S/C26H30N2O3S2/c1-17-18(2)33-26(27-25(29)20-5-9-21(30-3)10-6-20)23(17)24(28-13-15-31-16-14-28)19-7-11-22(32-4)12-8-19/h5-12,24H,13-16H2,1-4H3,(H,27,29). The molecule has 2 aromatic carbocycles. The topological polar surface area (TPSA) is 50.8 Å². The lowest BCUT2D eigenvalue weighted by Gasteiger charge is -2.35. The van der Waals surface area contributed by atoms with Crippen molar-refractivity contribution in [3.8, 4) is 5.75 Å². The number of amides is 1. The second-order valence-electron chi connectivity index (χ2n) is 8.03. The zero-order chi connectivity index (χ0) is 23.4. The number of rotatable bonds is 7. The van der Waals surface area contributed by atoms with Gasteiger partial charge in [0.25, 0.3) is 5.91 Å². The molecule has 1 aliphatic heterocycles. The third-order valence-corrected chi connectivity index (χ3v) is 8.01. The zero-order valence-electron chi connectivity index (χ0n) is 19.5. The summed E-state index contributed by atoms with van der Waals surface area (Å²) in [7, 11) is 1.62. The molecule has 1 aliphatic rings. The Labute approximate surface area is 204 Å². The Hall–Kier alpha value is -2.32. The molecule has 4 rings (SSSR count). The number of carbonyl (C=O) groups excluding carboxylic acids is 1. The highest BCUT2D eigenvalue weighted by Crippen LogP contribution is 2.42. The van der Waals surface area contributed by atoms with E-state index in [9.17, 15) is 4.79 Å². The smallest absolute Gasteiger partial charge is 0.256 e. The number of hydrogen-bond acceptors (Lipinski definition) is 6. The molecule has 33 heavy (non-hydrogen) atoms. The summed E-state index contributed by atoms with van der Waals surface area (Å²) in [4.78, 5) is 18.0. The SMILES string of the molecule is COc1ccc(C(=O)Nc2sc(C)c(C)c2C(c2ccc(SC)cc2)N2CCOCC2)cc1. The van der Waals surface area contributed by atoms with Crippen molar-refractivity contribution in [2.24, 2.45) is 0 Å². The number of anilines is 1. The molecule has 3 aromatic rings. The van der Waals surface area contributed by atoms with Crippen LogP contribution < -0.4 is 10.1 Å². The van der Waals surface area contributed by atoms with Gasteiger partial charge in [-0.25, -0.2) is 0 Å². The Kier molecular flexibility index (Phi) is 7.75. The van der Waals surface area contributed by atoms with Crippen LogP contribution in [0.3, 0.4) is 0 Å². The van der Waals surface area contributed by atoms with Crippen molar-refractivity contribution in [2.45, 2.75) is 24.8 Å². The second-order valence-corrected chi connectivity index (χ2v) is 10.1. The maximum absolute atomic E-state index is 13.1. The van der Waals surface area contributed by atoms with Crippen molar-refractivity contribution in [1.82, 2.24) is 4.90 Å². The van der Waals surface area contributed by atoms with Crippen LogP contribution in [-0.2, 0) is 4.74 Å². The van der Waals surface area contributed by atoms with Gasteiger partial charge in [-0.05, 0) is 67.6 Å². The molecule has 7 heteroatoms. The number of morpholine rings is 1. The Morgan fingerprint density at radius 1 is 1.09 bits per heavy atom. The summed E-state index contributed by atoms with van der Waals surface area (Å²) in [6, 6.07) is 16.1. The van der Waals surface area contributed by atoms with Gasteiger partial charge in [-0.2, -0.15) is 0 Å². The summed E-state index contributed by atoms with van der Waals surface area (Å²) in [6.07, 6.45) is 2.09. The molecule has 0 saturated carbocycles. The highest BCUT2D eigenvalue weighted by molar-refractivity contribution is 7.98. The van der Waals surface area contributed by atoms with E-state index in [4.69, 9.17) is 9.47 Å². The van der Waals surface area contributed by atoms with Crippen LogP contribution >= 0.6 is 23.1 Å². The Morgan fingerprint density at radius 3 is 2.36 bits per heavy atom. The fraction of sp³-hybridized carbons (Fsp3) is 0.346. The summed E-state index contributed by atoms with van der Waals surface area (Å²) in [5, 5.41) is 4.13. The maximum atomic E-state index is 13.1. The fourth-order valence-electron chi connectivity index (χ4n) is 4.17. The molecular formula is C26H30N2O3S2. The first-order valence-electron chi connectivity index (χ1n) is 11.0. The number of benzene rings is 2. The molecule has 0 radical (unpaired) electrons. The molecular weight excluding hydrogens is 452 g/mol. The Morgan fingerprint density at radius 2 is 1.76 bits per heavy atom. The minimum absolute atomic E-state index is 0.0564. The predicted octanol–water partition coefficient (Wildman–Crippen LogP) is 5.77. The highest BCUT2D eigenvalue weighted by atomic mass is 32.2. The minimum Gasteiger partial charge on any atom is -0.497 e. The van der Waals surface area contributed by atoms with Crippen LogP contribution in [0.5, 0.6) is 5.75 Å². The van der Waals surface area contributed by atoms with Gasteiger partial charge < -0.3 is 14.8 Å². The van der Waals surface area contributed by atoms with Gasteiger partial charge in [0.05, 0.1) is 26.4 Å². The van der Waals surface area contributed by atoms with E-state index in [1.807, 2.05) is 12.1 Å².